The summed E-state index contributed by atoms with van der Waals surface area (Å²) in [4.78, 5) is 11.8. The van der Waals surface area contributed by atoms with Gasteiger partial charge in [0.1, 0.15) is 11.4 Å². The first-order chi connectivity index (χ1) is 7.60. The smallest absolute Gasteiger partial charge is 0.330 e. The van der Waals surface area contributed by atoms with Crippen LogP contribution in [0.5, 0.6) is 0 Å². The number of methoxy groups -OCH3 is 1. The van der Waals surface area contributed by atoms with E-state index in [0.29, 0.717) is 12.0 Å². The summed E-state index contributed by atoms with van der Waals surface area (Å²) in [6, 6.07) is 5.85. The molecule has 0 heterocycles. The summed E-state index contributed by atoms with van der Waals surface area (Å²) >= 11 is 0. The van der Waals surface area contributed by atoms with Crippen LogP contribution >= 0.6 is 0 Å². The van der Waals surface area contributed by atoms with Gasteiger partial charge in [0, 0.05) is 0 Å². The van der Waals surface area contributed by atoms with Gasteiger partial charge in [0.15, 0.2) is 0 Å². The van der Waals surface area contributed by atoms with E-state index in [2.05, 4.69) is 5.32 Å². The van der Waals surface area contributed by atoms with Gasteiger partial charge in [0.25, 0.3) is 0 Å². The van der Waals surface area contributed by atoms with Gasteiger partial charge in [-0.2, -0.15) is 0 Å². The van der Waals surface area contributed by atoms with Gasteiger partial charge in [0.2, 0.25) is 0 Å². The molecule has 88 valence electrons. The van der Waals surface area contributed by atoms with Crippen molar-refractivity contribution in [1.29, 1.82) is 0 Å². The lowest BCUT2D eigenvalue weighted by Gasteiger charge is -2.29. The Morgan fingerprint density at radius 3 is 2.38 bits per heavy atom. The third-order valence-corrected chi connectivity index (χ3v) is 2.83. The summed E-state index contributed by atoms with van der Waals surface area (Å²) in [5, 5.41) is 2.95. The van der Waals surface area contributed by atoms with E-state index in [0.717, 1.165) is 0 Å². The number of ether oxygens (including phenoxy) is 1. The molecule has 1 atom stereocenters. The van der Waals surface area contributed by atoms with Gasteiger partial charge in [0.05, 0.1) is 7.11 Å². The predicted molar refractivity (Wildman–Crippen MR) is 59.4 cm³/mol. The second kappa shape index (κ2) is 5.07. The van der Waals surface area contributed by atoms with E-state index in [9.17, 15) is 9.18 Å². The summed E-state index contributed by atoms with van der Waals surface area (Å²) in [5.74, 6) is -0.696. The lowest BCUT2D eigenvalue weighted by molar-refractivity contribution is -0.149. The lowest BCUT2D eigenvalue weighted by atomic mass is 9.87. The van der Waals surface area contributed by atoms with Crippen LogP contribution in [0, 0.1) is 5.82 Å². The first kappa shape index (κ1) is 12.6. The zero-order chi connectivity index (χ0) is 12.2. The molecule has 16 heavy (non-hydrogen) atoms. The monoisotopic (exact) mass is 225 g/mol. The number of rotatable bonds is 4. The molecule has 0 amide bonds. The van der Waals surface area contributed by atoms with Crippen LogP contribution < -0.4 is 5.32 Å². The summed E-state index contributed by atoms with van der Waals surface area (Å²) in [6.45, 7) is 1.87. The van der Waals surface area contributed by atoms with E-state index < -0.39 is 5.54 Å². The average molecular weight is 225 g/mol. The van der Waals surface area contributed by atoms with Crippen molar-refractivity contribution in [3.8, 4) is 0 Å². The standard InChI is InChI=1S/C12H16FNO2/c1-4-12(14-2,11(15)16-3)9-5-7-10(13)8-6-9/h5-8,14H,4H2,1-3H3. The van der Waals surface area contributed by atoms with Crippen molar-refractivity contribution in [2.24, 2.45) is 0 Å². The highest BCUT2D eigenvalue weighted by molar-refractivity contribution is 5.82. The Labute approximate surface area is 94.6 Å². The summed E-state index contributed by atoms with van der Waals surface area (Å²) in [6.07, 6.45) is 0.530. The number of benzene rings is 1. The summed E-state index contributed by atoms with van der Waals surface area (Å²) in [5.41, 5.74) is -0.201. The van der Waals surface area contributed by atoms with Gasteiger partial charge in [-0.15, -0.1) is 0 Å². The van der Waals surface area contributed by atoms with Crippen molar-refractivity contribution >= 4 is 5.97 Å². The van der Waals surface area contributed by atoms with Crippen molar-refractivity contribution in [2.75, 3.05) is 14.2 Å². The van der Waals surface area contributed by atoms with Crippen LogP contribution in [0.25, 0.3) is 0 Å². The quantitative estimate of drug-likeness (QED) is 0.794. The van der Waals surface area contributed by atoms with E-state index in [1.54, 1.807) is 19.2 Å². The summed E-state index contributed by atoms with van der Waals surface area (Å²) in [7, 11) is 3.03. The van der Waals surface area contributed by atoms with Gasteiger partial charge < -0.3 is 10.1 Å². The van der Waals surface area contributed by atoms with Crippen molar-refractivity contribution in [3.63, 3.8) is 0 Å². The zero-order valence-electron chi connectivity index (χ0n) is 9.71. The molecule has 0 aliphatic carbocycles. The topological polar surface area (TPSA) is 38.3 Å². The zero-order valence-corrected chi connectivity index (χ0v) is 9.71. The minimum atomic E-state index is -0.900. The maximum atomic E-state index is 12.8. The molecule has 0 aliphatic rings. The van der Waals surface area contributed by atoms with Gasteiger partial charge in [-0.3, -0.25) is 0 Å². The van der Waals surface area contributed by atoms with Crippen molar-refractivity contribution < 1.29 is 13.9 Å². The minimum Gasteiger partial charge on any atom is -0.467 e. The molecular formula is C12H16FNO2. The van der Waals surface area contributed by atoms with Crippen LogP contribution in [0.15, 0.2) is 24.3 Å². The Balaban J connectivity index is 3.20. The second-order valence-corrected chi connectivity index (χ2v) is 3.51. The SMILES string of the molecule is CCC(NC)(C(=O)OC)c1ccc(F)cc1. The molecule has 1 N–H and O–H groups in total. The normalized spacial score (nSPS) is 14.2. The average Bonchev–Trinajstić information content (AvgIpc) is 2.33. The first-order valence-corrected chi connectivity index (χ1v) is 5.14. The molecule has 1 unspecified atom stereocenters. The maximum absolute atomic E-state index is 12.8. The lowest BCUT2D eigenvalue weighted by Crippen LogP contribution is -2.47. The Hall–Kier alpha value is -1.42. The highest BCUT2D eigenvalue weighted by Crippen LogP contribution is 2.26. The van der Waals surface area contributed by atoms with E-state index in [1.165, 1.54) is 19.2 Å². The number of hydrogen-bond donors (Lipinski definition) is 1. The molecule has 0 spiro atoms. The third kappa shape index (κ3) is 2.07. The fourth-order valence-electron chi connectivity index (χ4n) is 1.80. The van der Waals surface area contributed by atoms with Crippen LogP contribution in [0.4, 0.5) is 4.39 Å². The maximum Gasteiger partial charge on any atom is 0.330 e. The largest absolute Gasteiger partial charge is 0.467 e. The van der Waals surface area contributed by atoms with Crippen molar-refractivity contribution in [3.05, 3.63) is 35.6 Å². The molecule has 0 fully saturated rings. The van der Waals surface area contributed by atoms with Crippen molar-refractivity contribution in [1.82, 2.24) is 5.32 Å². The molecule has 1 aromatic rings. The van der Waals surface area contributed by atoms with E-state index in [4.69, 9.17) is 4.74 Å². The van der Waals surface area contributed by atoms with Crippen LogP contribution in [-0.4, -0.2) is 20.1 Å². The van der Waals surface area contributed by atoms with Crippen LogP contribution in [-0.2, 0) is 15.1 Å². The van der Waals surface area contributed by atoms with E-state index in [-0.39, 0.29) is 11.8 Å². The molecule has 0 aromatic heterocycles. The van der Waals surface area contributed by atoms with Crippen LogP contribution in [0.3, 0.4) is 0 Å². The van der Waals surface area contributed by atoms with Crippen LogP contribution in [0.1, 0.15) is 18.9 Å². The molecule has 0 saturated carbocycles. The van der Waals surface area contributed by atoms with E-state index >= 15 is 0 Å². The molecule has 4 heteroatoms. The molecule has 3 nitrogen and oxygen atoms in total. The number of hydrogen-bond acceptors (Lipinski definition) is 3. The number of likely N-dealkylation sites (N-methyl/N-ethyl adjacent to an activating group) is 1. The Morgan fingerprint density at radius 1 is 1.44 bits per heavy atom. The number of carbonyl (C=O) groups excluding carboxylic acids is 1. The van der Waals surface area contributed by atoms with Gasteiger partial charge >= 0.3 is 5.97 Å². The van der Waals surface area contributed by atoms with Crippen molar-refractivity contribution in [2.45, 2.75) is 18.9 Å². The molecule has 0 saturated heterocycles. The second-order valence-electron chi connectivity index (χ2n) is 3.51. The molecule has 0 aliphatic heterocycles. The summed E-state index contributed by atoms with van der Waals surface area (Å²) < 4.78 is 17.6. The number of halogens is 1. The van der Waals surface area contributed by atoms with Gasteiger partial charge in [-0.25, -0.2) is 9.18 Å². The molecule has 0 radical (unpaired) electrons. The molecule has 0 bridgehead atoms. The van der Waals surface area contributed by atoms with Gasteiger partial charge in [-0.05, 0) is 31.2 Å². The predicted octanol–water partition coefficient (Wildman–Crippen LogP) is 1.82. The Kier molecular flexibility index (Phi) is 4.01. The molecule has 1 rings (SSSR count). The number of nitrogens with one attached hydrogen (secondary N) is 1. The highest BCUT2D eigenvalue weighted by Gasteiger charge is 2.38. The third-order valence-electron chi connectivity index (χ3n) is 2.83. The fourth-order valence-corrected chi connectivity index (χ4v) is 1.80. The van der Waals surface area contributed by atoms with E-state index in [1.807, 2.05) is 6.92 Å². The highest BCUT2D eigenvalue weighted by atomic mass is 19.1. The van der Waals surface area contributed by atoms with Crippen LogP contribution in [0.2, 0.25) is 0 Å². The first-order valence-electron chi connectivity index (χ1n) is 5.14. The fraction of sp³-hybridized carbons (Fsp3) is 0.417. The van der Waals surface area contributed by atoms with Gasteiger partial charge in [-0.1, -0.05) is 19.1 Å². The molecular weight excluding hydrogens is 209 g/mol. The Morgan fingerprint density at radius 2 is 2.00 bits per heavy atom. The molecule has 1 aromatic carbocycles. The Bertz CT molecular complexity index is 358. The number of carbonyl (C=O) groups is 1. The minimum absolute atomic E-state index is 0.324. The number of esters is 1.